The van der Waals surface area contributed by atoms with E-state index in [2.05, 4.69) is 0 Å². The highest BCUT2D eigenvalue weighted by atomic mass is 32.2. The molecule has 0 saturated carbocycles. The summed E-state index contributed by atoms with van der Waals surface area (Å²) in [5.74, 6) is -1.30. The van der Waals surface area contributed by atoms with Gasteiger partial charge in [0.05, 0.1) is 12.2 Å². The first kappa shape index (κ1) is 16.9. The lowest BCUT2D eigenvalue weighted by molar-refractivity contribution is -0.154. The summed E-state index contributed by atoms with van der Waals surface area (Å²) in [4.78, 5) is 12.2. The van der Waals surface area contributed by atoms with Gasteiger partial charge in [-0.3, -0.25) is 4.79 Å². The van der Waals surface area contributed by atoms with Gasteiger partial charge in [-0.15, -0.1) is 0 Å². The molecule has 5 nitrogen and oxygen atoms in total. The zero-order valence-corrected chi connectivity index (χ0v) is 13.5. The molecule has 1 aliphatic heterocycles. The maximum Gasteiger partial charge on any atom is 0.310 e. The van der Waals surface area contributed by atoms with E-state index in [-0.39, 0.29) is 12.4 Å². The van der Waals surface area contributed by atoms with Crippen LogP contribution in [-0.2, 0) is 19.6 Å². The van der Waals surface area contributed by atoms with Crippen molar-refractivity contribution in [1.29, 1.82) is 0 Å². The highest BCUT2D eigenvalue weighted by molar-refractivity contribution is 7.88. The number of nitrogens with zero attached hydrogens (tertiary/aromatic N) is 1. The molecule has 2 unspecified atom stereocenters. The van der Waals surface area contributed by atoms with Crippen LogP contribution >= 0.6 is 0 Å². The average Bonchev–Trinajstić information content (AvgIpc) is 2.46. The van der Waals surface area contributed by atoms with Crippen LogP contribution in [0.25, 0.3) is 0 Å². The van der Waals surface area contributed by atoms with Crippen molar-refractivity contribution in [2.24, 2.45) is 5.92 Å². The van der Waals surface area contributed by atoms with Gasteiger partial charge in [-0.1, -0.05) is 12.1 Å². The fraction of sp³-hybridized carbons (Fsp3) is 0.533. The molecule has 1 aliphatic rings. The van der Waals surface area contributed by atoms with Crippen LogP contribution in [0.4, 0.5) is 4.39 Å². The van der Waals surface area contributed by atoms with Gasteiger partial charge in [-0.25, -0.2) is 17.1 Å². The van der Waals surface area contributed by atoms with Crippen LogP contribution in [0.2, 0.25) is 0 Å². The highest BCUT2D eigenvalue weighted by Gasteiger charge is 2.32. The van der Waals surface area contributed by atoms with Gasteiger partial charge in [0.1, 0.15) is 11.9 Å². The third-order valence-electron chi connectivity index (χ3n) is 3.80. The van der Waals surface area contributed by atoms with Gasteiger partial charge in [-0.05, 0) is 37.5 Å². The number of carbonyl (C=O) groups is 1. The summed E-state index contributed by atoms with van der Waals surface area (Å²) in [6.07, 6.45) is 1.79. The van der Waals surface area contributed by atoms with E-state index in [1.165, 1.54) is 16.4 Å². The first-order valence-electron chi connectivity index (χ1n) is 7.18. The van der Waals surface area contributed by atoms with Gasteiger partial charge in [0.25, 0.3) is 0 Å². The van der Waals surface area contributed by atoms with Crippen LogP contribution in [0.15, 0.2) is 24.3 Å². The second-order valence-corrected chi connectivity index (χ2v) is 7.58. The number of carbonyl (C=O) groups excluding carboxylic acids is 1. The van der Waals surface area contributed by atoms with Gasteiger partial charge >= 0.3 is 5.97 Å². The van der Waals surface area contributed by atoms with E-state index in [9.17, 15) is 17.6 Å². The molecule has 1 saturated heterocycles. The van der Waals surface area contributed by atoms with Crippen LogP contribution in [0, 0.1) is 11.7 Å². The molecule has 1 aromatic rings. The van der Waals surface area contributed by atoms with Crippen molar-refractivity contribution >= 4 is 16.0 Å². The molecule has 0 aliphatic carbocycles. The first-order chi connectivity index (χ1) is 10.3. The fourth-order valence-corrected chi connectivity index (χ4v) is 3.45. The monoisotopic (exact) mass is 329 g/mol. The Kier molecular flexibility index (Phi) is 5.18. The molecule has 1 fully saturated rings. The summed E-state index contributed by atoms with van der Waals surface area (Å²) in [5.41, 5.74) is 0.573. The van der Waals surface area contributed by atoms with E-state index in [4.69, 9.17) is 4.74 Å². The maximum atomic E-state index is 13.2. The second kappa shape index (κ2) is 6.75. The zero-order chi connectivity index (χ0) is 16.3. The molecule has 2 atom stereocenters. The Morgan fingerprint density at radius 1 is 1.45 bits per heavy atom. The van der Waals surface area contributed by atoms with Crippen LogP contribution < -0.4 is 0 Å². The van der Waals surface area contributed by atoms with Crippen molar-refractivity contribution < 1.29 is 22.3 Å². The number of hydrogen-bond donors (Lipinski definition) is 0. The third-order valence-corrected chi connectivity index (χ3v) is 5.07. The number of piperidine rings is 1. The Morgan fingerprint density at radius 2 is 2.18 bits per heavy atom. The Labute approximate surface area is 130 Å². The van der Waals surface area contributed by atoms with E-state index >= 15 is 0 Å². The Bertz CT molecular complexity index is 647. The molecule has 122 valence electrons. The molecule has 1 heterocycles. The zero-order valence-electron chi connectivity index (χ0n) is 12.7. The van der Waals surface area contributed by atoms with Gasteiger partial charge in [0, 0.05) is 13.1 Å². The van der Waals surface area contributed by atoms with E-state index in [1.54, 1.807) is 19.1 Å². The number of esters is 1. The average molecular weight is 329 g/mol. The smallest absolute Gasteiger partial charge is 0.310 e. The summed E-state index contributed by atoms with van der Waals surface area (Å²) < 4.78 is 43.0. The molecule has 22 heavy (non-hydrogen) atoms. The highest BCUT2D eigenvalue weighted by Crippen LogP contribution is 2.24. The molecule has 7 heteroatoms. The van der Waals surface area contributed by atoms with Crippen LogP contribution in [0.1, 0.15) is 31.4 Å². The molecule has 2 rings (SSSR count). The summed E-state index contributed by atoms with van der Waals surface area (Å²) in [6.45, 7) is 2.25. The van der Waals surface area contributed by atoms with Crippen LogP contribution in [-0.4, -0.2) is 38.0 Å². The molecule has 0 spiro atoms. The molecular weight excluding hydrogens is 309 g/mol. The van der Waals surface area contributed by atoms with E-state index < -0.39 is 28.0 Å². The van der Waals surface area contributed by atoms with E-state index in [0.717, 1.165) is 6.26 Å². The predicted octanol–water partition coefficient (Wildman–Crippen LogP) is 2.10. The van der Waals surface area contributed by atoms with Gasteiger partial charge < -0.3 is 4.74 Å². The number of sulfonamides is 1. The largest absolute Gasteiger partial charge is 0.458 e. The number of halogens is 1. The first-order valence-corrected chi connectivity index (χ1v) is 9.03. The minimum absolute atomic E-state index is 0.146. The summed E-state index contributed by atoms with van der Waals surface area (Å²) in [7, 11) is -3.30. The minimum atomic E-state index is -3.30. The number of rotatable bonds is 4. The van der Waals surface area contributed by atoms with Crippen LogP contribution in [0.3, 0.4) is 0 Å². The molecule has 1 aromatic carbocycles. The van der Waals surface area contributed by atoms with Crippen molar-refractivity contribution in [2.75, 3.05) is 19.3 Å². The Balaban J connectivity index is 1.99. The van der Waals surface area contributed by atoms with Crippen molar-refractivity contribution in [2.45, 2.75) is 25.9 Å². The number of benzene rings is 1. The van der Waals surface area contributed by atoms with Crippen molar-refractivity contribution in [3.8, 4) is 0 Å². The Morgan fingerprint density at radius 3 is 2.82 bits per heavy atom. The minimum Gasteiger partial charge on any atom is -0.458 e. The SMILES string of the molecule is CC(OC(=O)C1CCCN(S(C)(=O)=O)C1)c1cccc(F)c1. The molecular formula is C15H20FNO4S. The normalized spacial score (nSPS) is 21.3. The quantitative estimate of drug-likeness (QED) is 0.794. The molecule has 0 bridgehead atoms. The van der Waals surface area contributed by atoms with Gasteiger partial charge in [0.15, 0.2) is 0 Å². The lowest BCUT2D eigenvalue weighted by Crippen LogP contribution is -2.42. The summed E-state index contributed by atoms with van der Waals surface area (Å²) >= 11 is 0. The Hall–Kier alpha value is -1.47. The fourth-order valence-electron chi connectivity index (χ4n) is 2.53. The maximum absolute atomic E-state index is 13.2. The molecule has 0 N–H and O–H groups in total. The molecule has 0 radical (unpaired) electrons. The van der Waals surface area contributed by atoms with Crippen molar-refractivity contribution in [3.63, 3.8) is 0 Å². The topological polar surface area (TPSA) is 63.7 Å². The standard InChI is InChI=1S/C15H20FNO4S/c1-11(12-5-3-7-14(16)9-12)21-15(18)13-6-4-8-17(10-13)22(2,19)20/h3,5,7,9,11,13H,4,6,8,10H2,1-2H3. The lowest BCUT2D eigenvalue weighted by Gasteiger charge is -2.30. The van der Waals surface area contributed by atoms with Gasteiger partial charge in [-0.2, -0.15) is 0 Å². The lowest BCUT2D eigenvalue weighted by atomic mass is 10.00. The molecule has 0 amide bonds. The summed E-state index contributed by atoms with van der Waals surface area (Å²) in [6, 6.07) is 5.89. The number of ether oxygens (including phenoxy) is 1. The van der Waals surface area contributed by atoms with Crippen molar-refractivity contribution in [1.82, 2.24) is 4.31 Å². The molecule has 0 aromatic heterocycles. The summed E-state index contributed by atoms with van der Waals surface area (Å²) in [5, 5.41) is 0. The van der Waals surface area contributed by atoms with E-state index in [0.29, 0.717) is 24.9 Å². The predicted molar refractivity (Wildman–Crippen MR) is 80.0 cm³/mol. The number of hydrogen-bond acceptors (Lipinski definition) is 4. The van der Waals surface area contributed by atoms with Gasteiger partial charge in [0.2, 0.25) is 10.0 Å². The van der Waals surface area contributed by atoms with Crippen molar-refractivity contribution in [3.05, 3.63) is 35.6 Å². The van der Waals surface area contributed by atoms with Crippen LogP contribution in [0.5, 0.6) is 0 Å². The second-order valence-electron chi connectivity index (χ2n) is 5.59. The third kappa shape index (κ3) is 4.27. The van der Waals surface area contributed by atoms with E-state index in [1.807, 2.05) is 0 Å².